The van der Waals surface area contributed by atoms with Gasteiger partial charge in [-0.2, -0.15) is 0 Å². The number of hydrogen-bond acceptors (Lipinski definition) is 4. The Balaban J connectivity index is 2.27. The molecule has 19 heavy (non-hydrogen) atoms. The van der Waals surface area contributed by atoms with Gasteiger partial charge in [-0.15, -0.1) is 0 Å². The molecule has 0 amide bonds. The standard InChI is InChI=1S/C15H33N3O/c1-6-14-11-16-15(13(2)3)12-18(14)8-10-19-9-7-17(4)5/h13-16H,6-12H2,1-5H3. The maximum Gasteiger partial charge on any atom is 0.0594 e. The van der Waals surface area contributed by atoms with E-state index in [0.717, 1.165) is 39.4 Å². The molecule has 1 fully saturated rings. The number of piperazine rings is 1. The SMILES string of the molecule is CCC1CNC(C(C)C)CN1CCOCCN(C)C. The van der Waals surface area contributed by atoms with Gasteiger partial charge in [0.2, 0.25) is 0 Å². The molecule has 114 valence electrons. The summed E-state index contributed by atoms with van der Waals surface area (Å²) in [5.41, 5.74) is 0. The second-order valence-corrected chi connectivity index (χ2v) is 6.23. The van der Waals surface area contributed by atoms with E-state index in [-0.39, 0.29) is 0 Å². The van der Waals surface area contributed by atoms with Gasteiger partial charge in [-0.3, -0.25) is 4.90 Å². The van der Waals surface area contributed by atoms with Crippen molar-refractivity contribution in [3.8, 4) is 0 Å². The van der Waals surface area contributed by atoms with Crippen LogP contribution in [-0.4, -0.2) is 75.4 Å². The molecule has 0 saturated carbocycles. The summed E-state index contributed by atoms with van der Waals surface area (Å²) in [5, 5.41) is 3.68. The molecular weight excluding hydrogens is 238 g/mol. The third-order valence-electron chi connectivity index (χ3n) is 4.04. The molecular formula is C15H33N3O. The van der Waals surface area contributed by atoms with Gasteiger partial charge in [0.1, 0.15) is 0 Å². The number of ether oxygens (including phenoxy) is 1. The predicted molar refractivity (Wildman–Crippen MR) is 81.7 cm³/mol. The maximum absolute atomic E-state index is 5.73. The zero-order valence-electron chi connectivity index (χ0n) is 13.5. The Morgan fingerprint density at radius 1 is 1.32 bits per heavy atom. The molecule has 1 aliphatic heterocycles. The average molecular weight is 271 g/mol. The van der Waals surface area contributed by atoms with Gasteiger partial charge in [-0.25, -0.2) is 0 Å². The first kappa shape index (κ1) is 16.9. The molecule has 4 nitrogen and oxygen atoms in total. The molecule has 1 N–H and O–H groups in total. The Bertz CT molecular complexity index is 233. The molecule has 0 aliphatic carbocycles. The first-order valence-corrected chi connectivity index (χ1v) is 7.74. The van der Waals surface area contributed by atoms with Gasteiger partial charge >= 0.3 is 0 Å². The number of hydrogen-bond donors (Lipinski definition) is 1. The molecule has 0 aromatic carbocycles. The lowest BCUT2D eigenvalue weighted by molar-refractivity contribution is 0.0530. The van der Waals surface area contributed by atoms with E-state index >= 15 is 0 Å². The lowest BCUT2D eigenvalue weighted by Crippen LogP contribution is -2.58. The second-order valence-electron chi connectivity index (χ2n) is 6.23. The highest BCUT2D eigenvalue weighted by atomic mass is 16.5. The summed E-state index contributed by atoms with van der Waals surface area (Å²) in [6, 6.07) is 1.30. The minimum absolute atomic E-state index is 0.629. The lowest BCUT2D eigenvalue weighted by atomic mass is 9.98. The summed E-state index contributed by atoms with van der Waals surface area (Å²) in [4.78, 5) is 4.77. The molecule has 0 spiro atoms. The highest BCUT2D eigenvalue weighted by Gasteiger charge is 2.27. The Hall–Kier alpha value is -0.160. The molecule has 2 atom stereocenters. The molecule has 0 aromatic heterocycles. The van der Waals surface area contributed by atoms with Crippen molar-refractivity contribution in [3.05, 3.63) is 0 Å². The second kappa shape index (κ2) is 8.90. The van der Waals surface area contributed by atoms with E-state index in [9.17, 15) is 0 Å². The van der Waals surface area contributed by atoms with Crippen LogP contribution in [0, 0.1) is 5.92 Å². The van der Waals surface area contributed by atoms with Crippen molar-refractivity contribution in [2.45, 2.75) is 39.3 Å². The van der Waals surface area contributed by atoms with Crippen LogP contribution in [0.25, 0.3) is 0 Å². The smallest absolute Gasteiger partial charge is 0.0594 e. The molecule has 1 aliphatic rings. The summed E-state index contributed by atoms with van der Waals surface area (Å²) in [7, 11) is 4.17. The van der Waals surface area contributed by atoms with Crippen LogP contribution < -0.4 is 5.32 Å². The highest BCUT2D eigenvalue weighted by molar-refractivity contribution is 4.86. The first-order valence-electron chi connectivity index (χ1n) is 7.74. The molecule has 0 radical (unpaired) electrons. The molecule has 1 rings (SSSR count). The minimum atomic E-state index is 0.629. The van der Waals surface area contributed by atoms with E-state index in [1.165, 1.54) is 6.42 Å². The summed E-state index contributed by atoms with van der Waals surface area (Å²) in [6.45, 7) is 12.9. The normalized spacial score (nSPS) is 25.4. The summed E-state index contributed by atoms with van der Waals surface area (Å²) in [6.07, 6.45) is 1.22. The minimum Gasteiger partial charge on any atom is -0.379 e. The Morgan fingerprint density at radius 2 is 2.05 bits per heavy atom. The van der Waals surface area contributed by atoms with Crippen LogP contribution >= 0.6 is 0 Å². The van der Waals surface area contributed by atoms with Crippen molar-refractivity contribution in [3.63, 3.8) is 0 Å². The monoisotopic (exact) mass is 271 g/mol. The van der Waals surface area contributed by atoms with Crippen LogP contribution in [0.5, 0.6) is 0 Å². The highest BCUT2D eigenvalue weighted by Crippen LogP contribution is 2.14. The van der Waals surface area contributed by atoms with Crippen LogP contribution in [0.2, 0.25) is 0 Å². The summed E-state index contributed by atoms with van der Waals surface area (Å²) < 4.78 is 5.73. The van der Waals surface area contributed by atoms with Crippen LogP contribution in [0.15, 0.2) is 0 Å². The van der Waals surface area contributed by atoms with Crippen molar-refractivity contribution < 1.29 is 4.74 Å². The fraction of sp³-hybridized carbons (Fsp3) is 1.00. The average Bonchev–Trinajstić information content (AvgIpc) is 2.37. The van der Waals surface area contributed by atoms with Gasteiger partial charge in [-0.05, 0) is 26.4 Å². The van der Waals surface area contributed by atoms with Gasteiger partial charge in [0, 0.05) is 38.3 Å². The fourth-order valence-corrected chi connectivity index (χ4v) is 2.54. The van der Waals surface area contributed by atoms with Gasteiger partial charge in [0.05, 0.1) is 13.2 Å². The summed E-state index contributed by atoms with van der Waals surface area (Å²) in [5.74, 6) is 0.704. The Labute approximate surface area is 119 Å². The third kappa shape index (κ3) is 6.21. The van der Waals surface area contributed by atoms with Crippen molar-refractivity contribution in [1.29, 1.82) is 0 Å². The third-order valence-corrected chi connectivity index (χ3v) is 4.04. The molecule has 4 heteroatoms. The topological polar surface area (TPSA) is 27.7 Å². The van der Waals surface area contributed by atoms with Crippen molar-refractivity contribution in [2.24, 2.45) is 5.92 Å². The van der Waals surface area contributed by atoms with Crippen molar-refractivity contribution >= 4 is 0 Å². The lowest BCUT2D eigenvalue weighted by Gasteiger charge is -2.41. The number of nitrogens with one attached hydrogen (secondary N) is 1. The van der Waals surface area contributed by atoms with Crippen LogP contribution in [-0.2, 0) is 4.74 Å². The Kier molecular flexibility index (Phi) is 7.91. The van der Waals surface area contributed by atoms with Gasteiger partial charge in [-0.1, -0.05) is 20.8 Å². The van der Waals surface area contributed by atoms with Crippen LogP contribution in [0.1, 0.15) is 27.2 Å². The van der Waals surface area contributed by atoms with Gasteiger partial charge < -0.3 is 15.0 Å². The van der Waals surface area contributed by atoms with Crippen molar-refractivity contribution in [2.75, 3.05) is 53.5 Å². The fourth-order valence-electron chi connectivity index (χ4n) is 2.54. The summed E-state index contributed by atoms with van der Waals surface area (Å²) >= 11 is 0. The van der Waals surface area contributed by atoms with E-state index < -0.39 is 0 Å². The van der Waals surface area contributed by atoms with E-state index in [2.05, 4.69) is 50.0 Å². The zero-order chi connectivity index (χ0) is 14.3. The van der Waals surface area contributed by atoms with E-state index in [4.69, 9.17) is 4.74 Å². The first-order chi connectivity index (χ1) is 9.04. The molecule has 0 aromatic rings. The van der Waals surface area contributed by atoms with E-state index in [1.807, 2.05) is 0 Å². The van der Waals surface area contributed by atoms with Crippen LogP contribution in [0.4, 0.5) is 0 Å². The molecule has 1 saturated heterocycles. The molecule has 2 unspecified atom stereocenters. The number of rotatable bonds is 8. The Morgan fingerprint density at radius 3 is 2.63 bits per heavy atom. The van der Waals surface area contributed by atoms with E-state index in [0.29, 0.717) is 18.0 Å². The quantitative estimate of drug-likeness (QED) is 0.673. The van der Waals surface area contributed by atoms with E-state index in [1.54, 1.807) is 0 Å². The number of likely N-dealkylation sites (N-methyl/N-ethyl adjacent to an activating group) is 1. The number of nitrogens with zero attached hydrogens (tertiary/aromatic N) is 2. The molecule has 0 bridgehead atoms. The predicted octanol–water partition coefficient (Wildman–Crippen LogP) is 1.27. The molecule has 1 heterocycles. The zero-order valence-corrected chi connectivity index (χ0v) is 13.5. The van der Waals surface area contributed by atoms with Crippen LogP contribution in [0.3, 0.4) is 0 Å². The van der Waals surface area contributed by atoms with Gasteiger partial charge in [0.15, 0.2) is 0 Å². The maximum atomic E-state index is 5.73. The van der Waals surface area contributed by atoms with Crippen molar-refractivity contribution in [1.82, 2.24) is 15.1 Å². The largest absolute Gasteiger partial charge is 0.379 e. The van der Waals surface area contributed by atoms with Gasteiger partial charge in [0.25, 0.3) is 0 Å².